The van der Waals surface area contributed by atoms with Crippen molar-refractivity contribution in [3.63, 3.8) is 0 Å². The highest BCUT2D eigenvalue weighted by Gasteiger charge is 2.38. The Hall–Kier alpha value is -3.77. The number of aromatic nitrogens is 2. The van der Waals surface area contributed by atoms with Crippen molar-refractivity contribution >= 4 is 17.7 Å². The average Bonchev–Trinajstić information content (AvgIpc) is 3.23. The van der Waals surface area contributed by atoms with Gasteiger partial charge in [-0.1, -0.05) is 6.07 Å². The van der Waals surface area contributed by atoms with Crippen molar-refractivity contribution in [3.05, 3.63) is 36.2 Å². The van der Waals surface area contributed by atoms with Crippen molar-refractivity contribution in [1.82, 2.24) is 14.9 Å². The third-order valence-electron chi connectivity index (χ3n) is 4.53. The lowest BCUT2D eigenvalue weighted by Gasteiger charge is -2.35. The highest BCUT2D eigenvalue weighted by molar-refractivity contribution is 5.82. The molecule has 3 heterocycles. The van der Waals surface area contributed by atoms with Gasteiger partial charge in [0.15, 0.2) is 11.5 Å². The van der Waals surface area contributed by atoms with E-state index < -0.39 is 12.1 Å². The molecule has 0 atom stereocenters. The molecule has 10 nitrogen and oxygen atoms in total. The van der Waals surface area contributed by atoms with E-state index in [1.54, 1.807) is 13.2 Å². The van der Waals surface area contributed by atoms with E-state index >= 15 is 0 Å². The van der Waals surface area contributed by atoms with Crippen LogP contribution in [0.1, 0.15) is 5.56 Å². The summed E-state index contributed by atoms with van der Waals surface area (Å²) >= 11 is 0. The third kappa shape index (κ3) is 5.68. The van der Waals surface area contributed by atoms with E-state index in [0.29, 0.717) is 31.3 Å². The Morgan fingerprint density at radius 3 is 2.56 bits per heavy atom. The summed E-state index contributed by atoms with van der Waals surface area (Å²) in [6.45, 7) is 2.41. The maximum Gasteiger partial charge on any atom is 0.490 e. The molecule has 1 amide bonds. The molecule has 1 fully saturated rings. The maximum absolute atomic E-state index is 12.5. The molecule has 0 saturated carbocycles. The molecule has 32 heavy (non-hydrogen) atoms. The minimum atomic E-state index is -5.08. The van der Waals surface area contributed by atoms with Crippen LogP contribution in [0.25, 0.3) is 0 Å². The number of carboxylic acids is 1. The van der Waals surface area contributed by atoms with Gasteiger partial charge in [0.05, 0.1) is 13.7 Å². The first kappa shape index (κ1) is 22.9. The Labute approximate surface area is 180 Å². The van der Waals surface area contributed by atoms with E-state index in [1.807, 2.05) is 28.0 Å². The monoisotopic (exact) mass is 456 g/mol. The number of ether oxygens (including phenoxy) is 3. The normalized spacial score (nSPS) is 15.2. The molecule has 172 valence electrons. The Morgan fingerprint density at radius 2 is 1.91 bits per heavy atom. The van der Waals surface area contributed by atoms with E-state index in [1.165, 1.54) is 6.33 Å². The number of nitrogens with zero attached hydrogens (tertiary/aromatic N) is 4. The number of hydrogen-bond donors (Lipinski definition) is 1. The van der Waals surface area contributed by atoms with Gasteiger partial charge in [0.2, 0.25) is 18.6 Å². The molecule has 0 radical (unpaired) electrons. The van der Waals surface area contributed by atoms with Crippen molar-refractivity contribution in [1.29, 1.82) is 0 Å². The van der Waals surface area contributed by atoms with E-state index in [4.69, 9.17) is 24.1 Å². The Kier molecular flexibility index (Phi) is 6.85. The number of benzene rings is 1. The van der Waals surface area contributed by atoms with Gasteiger partial charge in [0, 0.05) is 25.7 Å². The highest BCUT2D eigenvalue weighted by atomic mass is 19.4. The molecular formula is C19H19F3N4O6. The molecule has 13 heteroatoms. The zero-order valence-electron chi connectivity index (χ0n) is 16.8. The fourth-order valence-corrected chi connectivity index (χ4v) is 2.95. The van der Waals surface area contributed by atoms with E-state index in [9.17, 15) is 18.0 Å². The standard InChI is InChI=1S/C17H18N4O4.C2HF3O2/c1-23-16-7-15(18-10-19-16)20-4-5-21(17(22)9-20)8-12-2-3-13-14(6-12)25-11-24-13;3-2(4,5)1(6)7/h2-3,6-7,10H,4-5,8-9,11H2,1H3;(H,6,7). The molecule has 2 aromatic rings. The summed E-state index contributed by atoms with van der Waals surface area (Å²) in [6, 6.07) is 7.51. The number of carbonyl (C=O) groups excluding carboxylic acids is 1. The van der Waals surface area contributed by atoms with Gasteiger partial charge in [-0.05, 0) is 17.7 Å². The number of alkyl halides is 3. The summed E-state index contributed by atoms with van der Waals surface area (Å²) < 4.78 is 47.6. The number of aliphatic carboxylic acids is 1. The first-order chi connectivity index (χ1) is 15.2. The van der Waals surface area contributed by atoms with E-state index in [0.717, 1.165) is 17.1 Å². The lowest BCUT2D eigenvalue weighted by Crippen LogP contribution is -2.50. The largest absolute Gasteiger partial charge is 0.490 e. The smallest absolute Gasteiger partial charge is 0.481 e. The third-order valence-corrected chi connectivity index (χ3v) is 4.53. The Balaban J connectivity index is 0.000000360. The topological polar surface area (TPSA) is 114 Å². The van der Waals surface area contributed by atoms with Crippen molar-refractivity contribution in [2.75, 3.05) is 38.4 Å². The zero-order valence-corrected chi connectivity index (χ0v) is 16.8. The quantitative estimate of drug-likeness (QED) is 0.734. The Bertz CT molecular complexity index is 988. The summed E-state index contributed by atoms with van der Waals surface area (Å²) in [5.74, 6) is -0.0357. The number of carbonyl (C=O) groups is 2. The second kappa shape index (κ2) is 9.58. The summed E-state index contributed by atoms with van der Waals surface area (Å²) in [7, 11) is 1.56. The number of piperazine rings is 1. The van der Waals surface area contributed by atoms with Crippen LogP contribution in [0.5, 0.6) is 17.4 Å². The number of rotatable bonds is 4. The number of halogens is 3. The molecule has 2 aliphatic rings. The number of fused-ring (bicyclic) bond motifs is 1. The second-order valence-corrected chi connectivity index (χ2v) is 6.65. The summed E-state index contributed by atoms with van der Waals surface area (Å²) in [4.78, 5) is 33.4. The van der Waals surface area contributed by atoms with Crippen LogP contribution in [0.3, 0.4) is 0 Å². The lowest BCUT2D eigenvalue weighted by molar-refractivity contribution is -0.192. The van der Waals surface area contributed by atoms with E-state index in [-0.39, 0.29) is 19.2 Å². The van der Waals surface area contributed by atoms with Crippen molar-refractivity contribution in [3.8, 4) is 17.4 Å². The van der Waals surface area contributed by atoms with Crippen LogP contribution in [0, 0.1) is 0 Å². The average molecular weight is 456 g/mol. The number of methoxy groups -OCH3 is 1. The molecule has 2 aliphatic heterocycles. The van der Waals surface area contributed by atoms with Gasteiger partial charge in [-0.3, -0.25) is 4.79 Å². The van der Waals surface area contributed by atoms with Crippen molar-refractivity contribution in [2.24, 2.45) is 0 Å². The fraction of sp³-hybridized carbons (Fsp3) is 0.368. The van der Waals surface area contributed by atoms with Gasteiger partial charge in [0.25, 0.3) is 0 Å². The molecule has 0 spiro atoms. The van der Waals surface area contributed by atoms with Gasteiger partial charge in [0.1, 0.15) is 12.1 Å². The summed E-state index contributed by atoms with van der Waals surface area (Å²) in [6.07, 6.45) is -3.64. The SMILES string of the molecule is COc1cc(N2CCN(Cc3ccc4c(c3)OCO4)C(=O)C2)ncn1.O=C(O)C(F)(F)F. The van der Waals surface area contributed by atoms with Gasteiger partial charge >= 0.3 is 12.1 Å². The summed E-state index contributed by atoms with van der Waals surface area (Å²) in [5.41, 5.74) is 1.02. The molecule has 0 bridgehead atoms. The fourth-order valence-electron chi connectivity index (χ4n) is 2.95. The number of anilines is 1. The molecule has 0 aliphatic carbocycles. The first-order valence-corrected chi connectivity index (χ1v) is 9.24. The predicted octanol–water partition coefficient (Wildman–Crippen LogP) is 1.70. The molecule has 1 N–H and O–H groups in total. The van der Waals surface area contributed by atoms with Crippen LogP contribution in [0.2, 0.25) is 0 Å². The zero-order chi connectivity index (χ0) is 23.3. The maximum atomic E-state index is 12.5. The van der Waals surface area contributed by atoms with Crippen molar-refractivity contribution < 1.29 is 42.1 Å². The number of hydrogen-bond acceptors (Lipinski definition) is 8. The molecule has 1 saturated heterocycles. The van der Waals surface area contributed by atoms with Crippen LogP contribution in [-0.2, 0) is 16.1 Å². The van der Waals surface area contributed by atoms with Gasteiger partial charge < -0.3 is 29.1 Å². The van der Waals surface area contributed by atoms with Crippen LogP contribution in [0.4, 0.5) is 19.0 Å². The van der Waals surface area contributed by atoms with Crippen LogP contribution < -0.4 is 19.1 Å². The molecule has 4 rings (SSSR count). The van der Waals surface area contributed by atoms with Crippen LogP contribution in [0.15, 0.2) is 30.6 Å². The van der Waals surface area contributed by atoms with Gasteiger partial charge in [-0.15, -0.1) is 0 Å². The predicted molar refractivity (Wildman–Crippen MR) is 102 cm³/mol. The summed E-state index contributed by atoms with van der Waals surface area (Å²) in [5, 5.41) is 7.12. The Morgan fingerprint density at radius 1 is 1.19 bits per heavy atom. The second-order valence-electron chi connectivity index (χ2n) is 6.65. The highest BCUT2D eigenvalue weighted by Crippen LogP contribution is 2.33. The number of carboxylic acid groups (broad SMARTS) is 1. The molecule has 1 aromatic carbocycles. The number of amides is 1. The van der Waals surface area contributed by atoms with Crippen LogP contribution >= 0.6 is 0 Å². The van der Waals surface area contributed by atoms with Crippen molar-refractivity contribution in [2.45, 2.75) is 12.7 Å². The van der Waals surface area contributed by atoms with Gasteiger partial charge in [-0.2, -0.15) is 13.2 Å². The molecular weight excluding hydrogens is 437 g/mol. The minimum Gasteiger partial charge on any atom is -0.481 e. The lowest BCUT2D eigenvalue weighted by atomic mass is 10.1. The van der Waals surface area contributed by atoms with E-state index in [2.05, 4.69) is 9.97 Å². The van der Waals surface area contributed by atoms with Crippen LogP contribution in [-0.4, -0.2) is 71.6 Å². The molecule has 1 aromatic heterocycles. The first-order valence-electron chi connectivity index (χ1n) is 9.24. The molecule has 0 unspecified atom stereocenters. The minimum absolute atomic E-state index is 0.0569. The van der Waals surface area contributed by atoms with Gasteiger partial charge in [-0.25, -0.2) is 14.8 Å².